The third-order valence-electron chi connectivity index (χ3n) is 3.14. The molecule has 3 N–H and O–H groups in total. The Balaban J connectivity index is 2.08. The Kier molecular flexibility index (Phi) is 4.60. The molecule has 0 bridgehead atoms. The number of hydrogen-bond donors (Lipinski definition) is 2. The maximum atomic E-state index is 13.2. The molecule has 1 aromatic heterocycles. The standard InChI is InChI=1S/C15H19FN2OS/c1-9(2)4-3-7-18-15(19)14-13(17)11-8-10(16)5-6-12(11)20-14/h5-6,8-9H,3-4,7,17H2,1-2H3,(H,18,19). The fourth-order valence-electron chi connectivity index (χ4n) is 2.05. The lowest BCUT2D eigenvalue weighted by atomic mass is 10.1. The van der Waals surface area contributed by atoms with Gasteiger partial charge in [-0.05, 0) is 37.0 Å². The van der Waals surface area contributed by atoms with Gasteiger partial charge in [0.05, 0.1) is 5.69 Å². The van der Waals surface area contributed by atoms with Gasteiger partial charge in [-0.1, -0.05) is 13.8 Å². The zero-order valence-corrected chi connectivity index (χ0v) is 12.5. The lowest BCUT2D eigenvalue weighted by molar-refractivity contribution is 0.0957. The molecule has 0 aliphatic rings. The average molecular weight is 294 g/mol. The van der Waals surface area contributed by atoms with E-state index in [0.29, 0.717) is 28.4 Å². The molecule has 0 aliphatic carbocycles. The lowest BCUT2D eigenvalue weighted by Crippen LogP contribution is -2.24. The average Bonchev–Trinajstić information content (AvgIpc) is 2.72. The maximum absolute atomic E-state index is 13.2. The van der Waals surface area contributed by atoms with Crippen LogP contribution in [0.4, 0.5) is 10.1 Å². The van der Waals surface area contributed by atoms with Crippen LogP contribution in [0.15, 0.2) is 18.2 Å². The van der Waals surface area contributed by atoms with Crippen LogP contribution in [0.1, 0.15) is 36.4 Å². The number of fused-ring (bicyclic) bond motifs is 1. The number of amides is 1. The molecular formula is C15H19FN2OS. The summed E-state index contributed by atoms with van der Waals surface area (Å²) in [6.45, 7) is 4.94. The van der Waals surface area contributed by atoms with E-state index >= 15 is 0 Å². The van der Waals surface area contributed by atoms with Crippen molar-refractivity contribution in [3.63, 3.8) is 0 Å². The maximum Gasteiger partial charge on any atom is 0.263 e. The number of carbonyl (C=O) groups excluding carboxylic acids is 1. The Labute approximate surface area is 122 Å². The van der Waals surface area contributed by atoms with Gasteiger partial charge in [0.1, 0.15) is 10.7 Å². The van der Waals surface area contributed by atoms with Gasteiger partial charge in [0.15, 0.2) is 0 Å². The van der Waals surface area contributed by atoms with Gasteiger partial charge in [0.25, 0.3) is 5.91 Å². The van der Waals surface area contributed by atoms with Crippen molar-refractivity contribution in [3.05, 3.63) is 28.9 Å². The van der Waals surface area contributed by atoms with E-state index in [-0.39, 0.29) is 11.7 Å². The number of carbonyl (C=O) groups is 1. The highest BCUT2D eigenvalue weighted by atomic mass is 32.1. The molecule has 0 saturated heterocycles. The van der Waals surface area contributed by atoms with Gasteiger partial charge >= 0.3 is 0 Å². The molecule has 0 saturated carbocycles. The lowest BCUT2D eigenvalue weighted by Gasteiger charge is -2.06. The molecule has 20 heavy (non-hydrogen) atoms. The van der Waals surface area contributed by atoms with Crippen molar-refractivity contribution < 1.29 is 9.18 Å². The third kappa shape index (κ3) is 3.28. The van der Waals surface area contributed by atoms with Crippen molar-refractivity contribution in [1.82, 2.24) is 5.32 Å². The number of thiophene rings is 1. The molecule has 108 valence electrons. The first kappa shape index (κ1) is 14.8. The number of nitrogen functional groups attached to an aromatic ring is 1. The number of hydrogen-bond acceptors (Lipinski definition) is 3. The van der Waals surface area contributed by atoms with Crippen molar-refractivity contribution >= 4 is 33.0 Å². The third-order valence-corrected chi connectivity index (χ3v) is 4.32. The molecule has 5 heteroatoms. The Morgan fingerprint density at radius 1 is 1.45 bits per heavy atom. The molecule has 2 aromatic rings. The Morgan fingerprint density at radius 2 is 2.20 bits per heavy atom. The van der Waals surface area contributed by atoms with Crippen LogP contribution < -0.4 is 11.1 Å². The predicted octanol–water partition coefficient (Wildman–Crippen LogP) is 3.79. The van der Waals surface area contributed by atoms with Crippen molar-refractivity contribution in [1.29, 1.82) is 0 Å². The summed E-state index contributed by atoms with van der Waals surface area (Å²) in [6, 6.07) is 4.40. The van der Waals surface area contributed by atoms with E-state index in [0.717, 1.165) is 17.5 Å². The van der Waals surface area contributed by atoms with Gasteiger partial charge in [-0.25, -0.2) is 4.39 Å². The van der Waals surface area contributed by atoms with Crippen LogP contribution in [0, 0.1) is 11.7 Å². The van der Waals surface area contributed by atoms with Crippen LogP contribution in [0.3, 0.4) is 0 Å². The number of rotatable bonds is 5. The SMILES string of the molecule is CC(C)CCCNC(=O)c1sc2ccc(F)cc2c1N. The summed E-state index contributed by atoms with van der Waals surface area (Å²) in [6.07, 6.45) is 2.02. The number of halogens is 1. The minimum absolute atomic E-state index is 0.173. The largest absolute Gasteiger partial charge is 0.397 e. The highest BCUT2D eigenvalue weighted by Gasteiger charge is 2.16. The summed E-state index contributed by atoms with van der Waals surface area (Å²) < 4.78 is 14.0. The van der Waals surface area contributed by atoms with Crippen LogP contribution in [0.25, 0.3) is 10.1 Å². The molecule has 0 unspecified atom stereocenters. The topological polar surface area (TPSA) is 55.1 Å². The molecule has 0 fully saturated rings. The first-order valence-electron chi connectivity index (χ1n) is 6.74. The molecule has 1 heterocycles. The van der Waals surface area contributed by atoms with Crippen LogP contribution in [0.5, 0.6) is 0 Å². The van der Waals surface area contributed by atoms with Crippen molar-refractivity contribution in [2.75, 3.05) is 12.3 Å². The first-order chi connectivity index (χ1) is 9.49. The van der Waals surface area contributed by atoms with Gasteiger partial charge in [0, 0.05) is 16.6 Å². The Bertz CT molecular complexity index is 622. The summed E-state index contributed by atoms with van der Waals surface area (Å²) >= 11 is 1.30. The summed E-state index contributed by atoms with van der Waals surface area (Å²) in [4.78, 5) is 12.6. The Morgan fingerprint density at radius 3 is 2.90 bits per heavy atom. The smallest absolute Gasteiger partial charge is 0.263 e. The predicted molar refractivity (Wildman–Crippen MR) is 82.6 cm³/mol. The van der Waals surface area contributed by atoms with Crippen molar-refractivity contribution in [2.45, 2.75) is 26.7 Å². The Hall–Kier alpha value is -1.62. The highest BCUT2D eigenvalue weighted by Crippen LogP contribution is 2.33. The summed E-state index contributed by atoms with van der Waals surface area (Å²) in [5, 5.41) is 3.48. The normalized spacial score (nSPS) is 11.2. The van der Waals surface area contributed by atoms with Gasteiger partial charge in [-0.15, -0.1) is 11.3 Å². The molecule has 0 aliphatic heterocycles. The molecule has 3 nitrogen and oxygen atoms in total. The van der Waals surface area contributed by atoms with Crippen LogP contribution in [0.2, 0.25) is 0 Å². The molecule has 0 radical (unpaired) electrons. The summed E-state index contributed by atoms with van der Waals surface area (Å²) in [5.41, 5.74) is 6.31. The minimum atomic E-state index is -0.342. The molecule has 1 amide bonds. The number of benzene rings is 1. The summed E-state index contributed by atoms with van der Waals surface area (Å²) in [5.74, 6) is 0.114. The van der Waals surface area contributed by atoms with Gasteiger partial charge in [-0.3, -0.25) is 4.79 Å². The van der Waals surface area contributed by atoms with Crippen LogP contribution >= 0.6 is 11.3 Å². The van der Waals surface area contributed by atoms with Crippen molar-refractivity contribution in [3.8, 4) is 0 Å². The number of nitrogens with one attached hydrogen (secondary N) is 1. The second kappa shape index (κ2) is 6.22. The van der Waals surface area contributed by atoms with Crippen LogP contribution in [-0.4, -0.2) is 12.5 Å². The number of anilines is 1. The fraction of sp³-hybridized carbons (Fsp3) is 0.400. The molecule has 0 atom stereocenters. The number of nitrogens with two attached hydrogens (primary N) is 1. The van der Waals surface area contributed by atoms with E-state index in [1.165, 1.54) is 23.5 Å². The van der Waals surface area contributed by atoms with E-state index < -0.39 is 0 Å². The quantitative estimate of drug-likeness (QED) is 0.824. The van der Waals surface area contributed by atoms with E-state index in [2.05, 4.69) is 19.2 Å². The van der Waals surface area contributed by atoms with E-state index in [1.807, 2.05) is 0 Å². The van der Waals surface area contributed by atoms with E-state index in [1.54, 1.807) is 6.07 Å². The van der Waals surface area contributed by atoms with Gasteiger partial charge in [-0.2, -0.15) is 0 Å². The van der Waals surface area contributed by atoms with Gasteiger partial charge in [0.2, 0.25) is 0 Å². The zero-order valence-electron chi connectivity index (χ0n) is 11.7. The molecular weight excluding hydrogens is 275 g/mol. The molecule has 2 rings (SSSR count). The minimum Gasteiger partial charge on any atom is -0.397 e. The van der Waals surface area contributed by atoms with Gasteiger partial charge < -0.3 is 11.1 Å². The fourth-order valence-corrected chi connectivity index (χ4v) is 3.07. The zero-order chi connectivity index (χ0) is 14.7. The summed E-state index contributed by atoms with van der Waals surface area (Å²) in [7, 11) is 0. The molecule has 0 spiro atoms. The second-order valence-electron chi connectivity index (χ2n) is 5.28. The first-order valence-corrected chi connectivity index (χ1v) is 7.56. The van der Waals surface area contributed by atoms with E-state index in [4.69, 9.17) is 5.73 Å². The molecule has 1 aromatic carbocycles. The second-order valence-corrected chi connectivity index (χ2v) is 6.33. The van der Waals surface area contributed by atoms with Crippen molar-refractivity contribution in [2.24, 2.45) is 5.92 Å². The highest BCUT2D eigenvalue weighted by molar-refractivity contribution is 7.21. The van der Waals surface area contributed by atoms with Crippen LogP contribution in [-0.2, 0) is 0 Å². The van der Waals surface area contributed by atoms with E-state index in [9.17, 15) is 9.18 Å². The monoisotopic (exact) mass is 294 g/mol.